The van der Waals surface area contributed by atoms with Crippen LogP contribution in [0.2, 0.25) is 0 Å². The molecule has 2 aromatic rings. The van der Waals surface area contributed by atoms with Crippen molar-refractivity contribution < 1.29 is 4.92 Å². The predicted molar refractivity (Wildman–Crippen MR) is 69.4 cm³/mol. The van der Waals surface area contributed by atoms with Crippen LogP contribution in [0.25, 0.3) is 10.9 Å². The third-order valence-corrected chi connectivity index (χ3v) is 2.68. The van der Waals surface area contributed by atoms with Crippen LogP contribution >= 0.6 is 0 Å². The van der Waals surface area contributed by atoms with Crippen LogP contribution < -0.4 is 5.73 Å². The number of nitro groups is 1. The minimum atomic E-state index is -0.439. The van der Waals surface area contributed by atoms with Gasteiger partial charge in [-0.1, -0.05) is 13.8 Å². The molecule has 0 saturated carbocycles. The topological polar surface area (TPSA) is 94.9 Å². The molecular formula is C12H14N4O2. The summed E-state index contributed by atoms with van der Waals surface area (Å²) < 4.78 is 0. The first-order valence-corrected chi connectivity index (χ1v) is 5.62. The van der Waals surface area contributed by atoms with Gasteiger partial charge in [0.2, 0.25) is 0 Å². The fourth-order valence-corrected chi connectivity index (χ4v) is 1.79. The van der Waals surface area contributed by atoms with E-state index in [-0.39, 0.29) is 17.4 Å². The van der Waals surface area contributed by atoms with Crippen molar-refractivity contribution in [3.8, 4) is 0 Å². The molecule has 0 aliphatic heterocycles. The average molecular weight is 246 g/mol. The Labute approximate surface area is 104 Å². The smallest absolute Gasteiger partial charge is 0.295 e. The summed E-state index contributed by atoms with van der Waals surface area (Å²) in [5.41, 5.74) is 6.90. The summed E-state index contributed by atoms with van der Waals surface area (Å²) in [5, 5.41) is 11.6. The van der Waals surface area contributed by atoms with Crippen LogP contribution in [-0.4, -0.2) is 14.9 Å². The lowest BCUT2D eigenvalue weighted by Gasteiger charge is -2.08. The number of aromatic nitrogens is 2. The maximum atomic E-state index is 11.1. The quantitative estimate of drug-likeness (QED) is 0.649. The summed E-state index contributed by atoms with van der Waals surface area (Å²) in [6.07, 6.45) is 0. The van der Waals surface area contributed by atoms with Crippen molar-refractivity contribution in [1.82, 2.24) is 9.97 Å². The molecule has 0 bridgehead atoms. The Morgan fingerprint density at radius 3 is 2.56 bits per heavy atom. The Bertz CT molecular complexity index is 638. The van der Waals surface area contributed by atoms with Crippen LogP contribution in [0.15, 0.2) is 12.1 Å². The number of hydrogen-bond acceptors (Lipinski definition) is 5. The standard InChI is InChI=1S/C12H14N4O2/c1-6(2)12-14-10-8(11(13)15-12)4-7(3)5-9(10)16(17)18/h4-6H,1-3H3,(H2,13,14,15). The summed E-state index contributed by atoms with van der Waals surface area (Å²) in [5.74, 6) is 0.875. The third kappa shape index (κ3) is 1.97. The van der Waals surface area contributed by atoms with E-state index in [1.807, 2.05) is 13.8 Å². The van der Waals surface area contributed by atoms with Gasteiger partial charge in [0.15, 0.2) is 5.52 Å². The minimum Gasteiger partial charge on any atom is -0.383 e. The van der Waals surface area contributed by atoms with E-state index in [1.54, 1.807) is 13.0 Å². The largest absolute Gasteiger partial charge is 0.383 e. The molecule has 0 spiro atoms. The number of benzene rings is 1. The molecule has 6 nitrogen and oxygen atoms in total. The van der Waals surface area contributed by atoms with Gasteiger partial charge in [0.05, 0.1) is 4.92 Å². The van der Waals surface area contributed by atoms with Gasteiger partial charge in [-0.15, -0.1) is 0 Å². The third-order valence-electron chi connectivity index (χ3n) is 2.68. The molecule has 0 fully saturated rings. The zero-order chi connectivity index (χ0) is 13.4. The van der Waals surface area contributed by atoms with Crippen molar-refractivity contribution in [3.63, 3.8) is 0 Å². The monoisotopic (exact) mass is 246 g/mol. The molecule has 1 aromatic carbocycles. The van der Waals surface area contributed by atoms with Crippen molar-refractivity contribution in [1.29, 1.82) is 0 Å². The number of fused-ring (bicyclic) bond motifs is 1. The molecule has 0 unspecified atom stereocenters. The first-order valence-electron chi connectivity index (χ1n) is 5.62. The van der Waals surface area contributed by atoms with E-state index in [0.29, 0.717) is 16.7 Å². The van der Waals surface area contributed by atoms with Crippen LogP contribution in [0.1, 0.15) is 31.2 Å². The molecule has 0 atom stereocenters. The van der Waals surface area contributed by atoms with Gasteiger partial charge in [0.25, 0.3) is 5.69 Å². The van der Waals surface area contributed by atoms with E-state index in [9.17, 15) is 10.1 Å². The number of aryl methyl sites for hydroxylation is 1. The molecule has 0 saturated heterocycles. The van der Waals surface area contributed by atoms with Crippen LogP contribution in [-0.2, 0) is 0 Å². The lowest BCUT2D eigenvalue weighted by atomic mass is 10.1. The molecule has 94 valence electrons. The Balaban J connectivity index is 2.88. The fourth-order valence-electron chi connectivity index (χ4n) is 1.79. The Kier molecular flexibility index (Phi) is 2.86. The van der Waals surface area contributed by atoms with Gasteiger partial charge >= 0.3 is 0 Å². The second-order valence-corrected chi connectivity index (χ2v) is 4.56. The molecule has 1 heterocycles. The van der Waals surface area contributed by atoms with Gasteiger partial charge < -0.3 is 5.73 Å². The molecule has 0 radical (unpaired) electrons. The van der Waals surface area contributed by atoms with Gasteiger partial charge in [-0.2, -0.15) is 0 Å². The summed E-state index contributed by atoms with van der Waals surface area (Å²) in [6, 6.07) is 3.26. The van der Waals surface area contributed by atoms with E-state index < -0.39 is 4.92 Å². The number of nitrogens with zero attached hydrogens (tertiary/aromatic N) is 3. The van der Waals surface area contributed by atoms with Crippen LogP contribution in [0, 0.1) is 17.0 Å². The summed E-state index contributed by atoms with van der Waals surface area (Å²) in [7, 11) is 0. The van der Waals surface area contributed by atoms with E-state index in [2.05, 4.69) is 9.97 Å². The molecule has 6 heteroatoms. The summed E-state index contributed by atoms with van der Waals surface area (Å²) >= 11 is 0. The predicted octanol–water partition coefficient (Wildman–Crippen LogP) is 2.55. The number of nitro benzene ring substituents is 1. The van der Waals surface area contributed by atoms with Crippen LogP contribution in [0.4, 0.5) is 11.5 Å². The number of rotatable bonds is 2. The maximum Gasteiger partial charge on any atom is 0.295 e. The zero-order valence-electron chi connectivity index (χ0n) is 10.5. The highest BCUT2D eigenvalue weighted by Crippen LogP contribution is 2.29. The number of nitrogens with two attached hydrogens (primary N) is 1. The Morgan fingerprint density at radius 2 is 2.00 bits per heavy atom. The number of hydrogen-bond donors (Lipinski definition) is 1. The fraction of sp³-hybridized carbons (Fsp3) is 0.333. The van der Waals surface area contributed by atoms with Crippen molar-refractivity contribution in [2.75, 3.05) is 5.73 Å². The molecule has 2 rings (SSSR count). The highest BCUT2D eigenvalue weighted by atomic mass is 16.6. The van der Waals surface area contributed by atoms with Gasteiger partial charge in [-0.3, -0.25) is 10.1 Å². The lowest BCUT2D eigenvalue weighted by Crippen LogP contribution is -2.04. The van der Waals surface area contributed by atoms with Crippen molar-refractivity contribution in [2.45, 2.75) is 26.7 Å². The second-order valence-electron chi connectivity index (χ2n) is 4.56. The van der Waals surface area contributed by atoms with Gasteiger partial charge in [-0.25, -0.2) is 9.97 Å². The SMILES string of the molecule is Cc1cc([N+](=O)[O-])c2nc(C(C)C)nc(N)c2c1. The molecule has 2 N–H and O–H groups in total. The van der Waals surface area contributed by atoms with E-state index in [0.717, 1.165) is 5.56 Å². The van der Waals surface area contributed by atoms with E-state index >= 15 is 0 Å². The minimum absolute atomic E-state index is 0.0269. The van der Waals surface area contributed by atoms with Gasteiger partial charge in [0.1, 0.15) is 11.6 Å². The average Bonchev–Trinajstić information content (AvgIpc) is 2.28. The van der Waals surface area contributed by atoms with Gasteiger partial charge in [-0.05, 0) is 18.6 Å². The Hall–Kier alpha value is -2.24. The first-order chi connectivity index (χ1) is 8.40. The Morgan fingerprint density at radius 1 is 1.33 bits per heavy atom. The molecule has 0 aliphatic carbocycles. The zero-order valence-corrected chi connectivity index (χ0v) is 10.5. The van der Waals surface area contributed by atoms with Crippen LogP contribution in [0.5, 0.6) is 0 Å². The summed E-state index contributed by atoms with van der Waals surface area (Å²) in [6.45, 7) is 5.61. The lowest BCUT2D eigenvalue weighted by molar-refractivity contribution is -0.383. The molecule has 0 aliphatic rings. The number of nitrogen functional groups attached to an aromatic ring is 1. The normalized spacial score (nSPS) is 11.1. The van der Waals surface area contributed by atoms with Crippen LogP contribution in [0.3, 0.4) is 0 Å². The highest BCUT2D eigenvalue weighted by Gasteiger charge is 2.18. The molecule has 1 aromatic heterocycles. The van der Waals surface area contributed by atoms with Gasteiger partial charge in [0, 0.05) is 17.4 Å². The maximum absolute atomic E-state index is 11.1. The molecule has 18 heavy (non-hydrogen) atoms. The van der Waals surface area contributed by atoms with E-state index in [4.69, 9.17) is 5.73 Å². The summed E-state index contributed by atoms with van der Waals surface area (Å²) in [4.78, 5) is 19.1. The van der Waals surface area contributed by atoms with Crippen molar-refractivity contribution >= 4 is 22.4 Å². The highest BCUT2D eigenvalue weighted by molar-refractivity contribution is 5.94. The second kappa shape index (κ2) is 4.21. The first kappa shape index (κ1) is 12.2. The number of anilines is 1. The van der Waals surface area contributed by atoms with Crippen molar-refractivity contribution in [2.24, 2.45) is 0 Å². The van der Waals surface area contributed by atoms with Crippen molar-refractivity contribution in [3.05, 3.63) is 33.6 Å². The molecular weight excluding hydrogens is 232 g/mol. The number of non-ortho nitro benzene ring substituents is 1. The van der Waals surface area contributed by atoms with E-state index in [1.165, 1.54) is 6.07 Å². The molecule has 0 amide bonds.